The van der Waals surface area contributed by atoms with Crippen LogP contribution < -0.4 is 21.3 Å². The molecule has 0 aromatic rings. The molecule has 2 aliphatic heterocycles. The van der Waals surface area contributed by atoms with Crippen molar-refractivity contribution in [3.05, 3.63) is 12.7 Å². The highest BCUT2D eigenvalue weighted by molar-refractivity contribution is 6.38. The molecule has 5 fully saturated rings. The predicted octanol–water partition coefficient (Wildman–Crippen LogP) is 4.00. The number of nitrogens with one attached hydrogen (secondary N) is 4. The van der Waals surface area contributed by atoms with Crippen molar-refractivity contribution in [2.24, 2.45) is 34.0 Å². The van der Waals surface area contributed by atoms with Crippen molar-refractivity contribution in [2.75, 3.05) is 19.6 Å². The summed E-state index contributed by atoms with van der Waals surface area (Å²) >= 11 is 0. The molecule has 5 rings (SSSR count). The summed E-state index contributed by atoms with van der Waals surface area (Å²) in [6.45, 7) is 15.9. The molecule has 13 heteroatoms. The Labute approximate surface area is 320 Å². The third-order valence-corrected chi connectivity index (χ3v) is 13.3. The van der Waals surface area contributed by atoms with Crippen molar-refractivity contribution < 1.29 is 33.6 Å². The van der Waals surface area contributed by atoms with E-state index in [9.17, 15) is 33.6 Å². The van der Waals surface area contributed by atoms with Gasteiger partial charge in [0.2, 0.25) is 29.4 Å². The molecule has 3 saturated carbocycles. The van der Waals surface area contributed by atoms with Crippen molar-refractivity contribution in [3.8, 4) is 0 Å². The van der Waals surface area contributed by atoms with Crippen LogP contribution in [0.5, 0.6) is 0 Å². The molecule has 3 aliphatic carbocycles. The lowest BCUT2D eigenvalue weighted by molar-refractivity contribution is -0.154. The van der Waals surface area contributed by atoms with Gasteiger partial charge in [0.1, 0.15) is 12.1 Å². The first kappa shape index (κ1) is 41.4. The first-order valence-electron chi connectivity index (χ1n) is 20.4. The standard InChI is InChI=1S/C41H64N6O7/c1-8-15-27(34(50)36(52)42-20-9-2)43-35(51)33-31-26(40(31,6)7)23-47(33)37(53)32(25-16-11-10-12-17-25)45-38(54)44-28(39(3,4)5)24-46-29(48)21-41(22-30(46)49)18-13-14-19-41/h9,25-28,31-33H,2,8,10-24H2,1,3-7H3,(H,42,52)(H,43,51)(H2,44,45,54)/t26-,27?,28+,31-,32-,33-/m0/s1. The van der Waals surface area contributed by atoms with Gasteiger partial charge in [-0.3, -0.25) is 33.7 Å². The zero-order valence-electron chi connectivity index (χ0n) is 33.4. The van der Waals surface area contributed by atoms with Crippen LogP contribution in [-0.2, 0) is 28.8 Å². The van der Waals surface area contributed by atoms with Crippen LogP contribution in [0.25, 0.3) is 0 Å². The lowest BCUT2D eigenvalue weighted by Gasteiger charge is -2.41. The highest BCUT2D eigenvalue weighted by atomic mass is 16.2. The molecule has 13 nitrogen and oxygen atoms in total. The van der Waals surface area contributed by atoms with Crippen LogP contribution in [0.2, 0.25) is 0 Å². The van der Waals surface area contributed by atoms with Gasteiger partial charge >= 0.3 is 6.03 Å². The summed E-state index contributed by atoms with van der Waals surface area (Å²) in [5, 5.41) is 11.4. The number of urea groups is 1. The fourth-order valence-electron chi connectivity index (χ4n) is 9.84. The molecule has 4 N–H and O–H groups in total. The maximum atomic E-state index is 14.7. The normalized spacial score (nSPS) is 26.4. The SMILES string of the molecule is C=CCNC(=O)C(=O)C(CCC)NC(=O)[C@@H]1[C@@H]2[C@H](CN1C(=O)[C@@H](NC(=O)N[C@H](CN1C(=O)CC3(CCCC3)CC1=O)C(C)(C)C)C1CCCCC1)C2(C)C. The number of amides is 7. The Bertz CT molecular complexity index is 1470. The van der Waals surface area contributed by atoms with Gasteiger partial charge in [0.05, 0.1) is 12.1 Å². The van der Waals surface area contributed by atoms with E-state index in [0.29, 0.717) is 25.8 Å². The van der Waals surface area contributed by atoms with Crippen LogP contribution in [0.15, 0.2) is 12.7 Å². The molecule has 54 heavy (non-hydrogen) atoms. The Kier molecular flexibility index (Phi) is 12.7. The molecule has 300 valence electrons. The quantitative estimate of drug-likeness (QED) is 0.118. The number of imide groups is 1. The number of Topliss-reactive ketones (excluding diaryl/α,β-unsaturated/α-hetero) is 1. The fraction of sp³-hybridized carbons (Fsp3) is 0.780. The van der Waals surface area contributed by atoms with E-state index in [-0.39, 0.29) is 65.8 Å². The maximum absolute atomic E-state index is 14.7. The van der Waals surface area contributed by atoms with Gasteiger partial charge in [-0.15, -0.1) is 6.58 Å². The third-order valence-electron chi connectivity index (χ3n) is 13.3. The maximum Gasteiger partial charge on any atom is 0.315 e. The molecule has 5 aliphatic rings. The second kappa shape index (κ2) is 16.5. The second-order valence-electron chi connectivity index (χ2n) is 18.5. The summed E-state index contributed by atoms with van der Waals surface area (Å²) in [5.41, 5.74) is -0.951. The molecular formula is C41H64N6O7. The minimum atomic E-state index is -1.04. The fourth-order valence-corrected chi connectivity index (χ4v) is 9.84. The van der Waals surface area contributed by atoms with Crippen molar-refractivity contribution in [3.63, 3.8) is 0 Å². The van der Waals surface area contributed by atoms with Crippen LogP contribution in [0.3, 0.4) is 0 Å². The van der Waals surface area contributed by atoms with Gasteiger partial charge in [-0.2, -0.15) is 0 Å². The second-order valence-corrected chi connectivity index (χ2v) is 18.5. The summed E-state index contributed by atoms with van der Waals surface area (Å²) in [6.07, 6.45) is 11.2. The lowest BCUT2D eigenvalue weighted by Crippen LogP contribution is -2.62. The average Bonchev–Trinajstić information content (AvgIpc) is 3.47. The van der Waals surface area contributed by atoms with E-state index in [1.165, 1.54) is 11.0 Å². The number of piperidine rings is 2. The van der Waals surface area contributed by atoms with Gasteiger partial charge in [0.25, 0.3) is 5.91 Å². The Morgan fingerprint density at radius 1 is 0.926 bits per heavy atom. The van der Waals surface area contributed by atoms with E-state index in [4.69, 9.17) is 0 Å². The van der Waals surface area contributed by atoms with Crippen LogP contribution in [0.4, 0.5) is 4.79 Å². The van der Waals surface area contributed by atoms with E-state index in [1.54, 1.807) is 4.90 Å². The highest BCUT2D eigenvalue weighted by Gasteiger charge is 2.69. The summed E-state index contributed by atoms with van der Waals surface area (Å²) < 4.78 is 0. The van der Waals surface area contributed by atoms with Crippen LogP contribution >= 0.6 is 0 Å². The lowest BCUT2D eigenvalue weighted by atomic mass is 9.76. The van der Waals surface area contributed by atoms with Gasteiger partial charge < -0.3 is 26.2 Å². The van der Waals surface area contributed by atoms with E-state index in [2.05, 4.69) is 41.7 Å². The minimum absolute atomic E-state index is 0.0444. The molecule has 2 heterocycles. The number of hydrogen-bond donors (Lipinski definition) is 4. The van der Waals surface area contributed by atoms with E-state index in [1.807, 2.05) is 27.7 Å². The van der Waals surface area contributed by atoms with Crippen LogP contribution in [0, 0.1) is 34.0 Å². The first-order chi connectivity index (χ1) is 25.4. The highest BCUT2D eigenvalue weighted by Crippen LogP contribution is 2.65. The van der Waals surface area contributed by atoms with Crippen LogP contribution in [0.1, 0.15) is 125 Å². The summed E-state index contributed by atoms with van der Waals surface area (Å²) in [6, 6.07) is -3.95. The largest absolute Gasteiger partial charge is 0.346 e. The van der Waals surface area contributed by atoms with Crippen LogP contribution in [-0.4, -0.2) is 95.0 Å². The number of carbonyl (C=O) groups is 7. The van der Waals surface area contributed by atoms with Crippen molar-refractivity contribution in [1.29, 1.82) is 0 Å². The zero-order chi connectivity index (χ0) is 39.6. The number of carbonyl (C=O) groups excluding carboxylic acids is 7. The van der Waals surface area contributed by atoms with Crippen molar-refractivity contribution in [2.45, 2.75) is 149 Å². The topological polar surface area (TPSA) is 174 Å². The van der Waals surface area contributed by atoms with Gasteiger partial charge in [-0.05, 0) is 66.1 Å². The van der Waals surface area contributed by atoms with Gasteiger partial charge in [-0.25, -0.2) is 4.79 Å². The Morgan fingerprint density at radius 2 is 1.56 bits per heavy atom. The molecule has 0 bridgehead atoms. The number of likely N-dealkylation sites (tertiary alicyclic amines) is 2. The predicted molar refractivity (Wildman–Crippen MR) is 203 cm³/mol. The van der Waals surface area contributed by atoms with E-state index in [0.717, 1.165) is 57.8 Å². The third kappa shape index (κ3) is 8.85. The Balaban J connectivity index is 1.33. The molecular weight excluding hydrogens is 688 g/mol. The van der Waals surface area contributed by atoms with Crippen molar-refractivity contribution >= 4 is 41.4 Å². The molecule has 0 aromatic heterocycles. The monoisotopic (exact) mass is 752 g/mol. The summed E-state index contributed by atoms with van der Waals surface area (Å²) in [5.74, 6) is -2.95. The number of fused-ring (bicyclic) bond motifs is 1. The molecule has 6 atom stereocenters. The zero-order valence-corrected chi connectivity index (χ0v) is 33.4. The van der Waals surface area contributed by atoms with Gasteiger partial charge in [0.15, 0.2) is 0 Å². The van der Waals surface area contributed by atoms with E-state index < -0.39 is 53.2 Å². The number of nitrogens with zero attached hydrogens (tertiary/aromatic N) is 2. The number of ketones is 1. The number of hydrogen-bond acceptors (Lipinski definition) is 7. The first-order valence-corrected chi connectivity index (χ1v) is 20.4. The van der Waals surface area contributed by atoms with E-state index >= 15 is 0 Å². The molecule has 2 saturated heterocycles. The van der Waals surface area contributed by atoms with Gasteiger partial charge in [-0.1, -0.05) is 86.1 Å². The summed E-state index contributed by atoms with van der Waals surface area (Å²) in [4.78, 5) is 98.1. The Morgan fingerprint density at radius 3 is 2.13 bits per heavy atom. The summed E-state index contributed by atoms with van der Waals surface area (Å²) in [7, 11) is 0. The van der Waals surface area contributed by atoms with Crippen molar-refractivity contribution in [1.82, 2.24) is 31.1 Å². The molecule has 1 spiro atoms. The smallest absolute Gasteiger partial charge is 0.315 e. The average molecular weight is 753 g/mol. The minimum Gasteiger partial charge on any atom is -0.346 e. The molecule has 0 aromatic carbocycles. The molecule has 7 amide bonds. The van der Waals surface area contributed by atoms with Gasteiger partial charge in [0, 0.05) is 32.5 Å². The molecule has 1 unspecified atom stereocenters. The number of rotatable bonds is 14. The molecule has 0 radical (unpaired) electrons. The Hall–Kier alpha value is -3.77.